The van der Waals surface area contributed by atoms with Gasteiger partial charge in [0.25, 0.3) is 0 Å². The van der Waals surface area contributed by atoms with Gasteiger partial charge in [-0.3, -0.25) is 0 Å². The molecule has 0 saturated carbocycles. The molecule has 1 aromatic heterocycles. The molecular formula is C67H45N3. The molecule has 0 N–H and O–H groups in total. The Bertz CT molecular complexity index is 3830. The van der Waals surface area contributed by atoms with Crippen LogP contribution in [0.25, 0.3) is 60.9 Å². The van der Waals surface area contributed by atoms with Crippen molar-refractivity contribution in [3.05, 3.63) is 295 Å². The van der Waals surface area contributed by atoms with Crippen LogP contribution < -0.4 is 9.80 Å². The van der Waals surface area contributed by atoms with Gasteiger partial charge < -0.3 is 14.4 Å². The Balaban J connectivity index is 1.03. The molecule has 1 spiro atoms. The van der Waals surface area contributed by atoms with Crippen LogP contribution in [0.4, 0.5) is 34.1 Å². The molecule has 2 aliphatic rings. The van der Waals surface area contributed by atoms with Crippen LogP contribution in [0.3, 0.4) is 0 Å². The van der Waals surface area contributed by atoms with Crippen LogP contribution >= 0.6 is 0 Å². The van der Waals surface area contributed by atoms with Gasteiger partial charge in [0, 0.05) is 44.9 Å². The van der Waals surface area contributed by atoms with Gasteiger partial charge in [-0.15, -0.1) is 0 Å². The molecular weight excluding hydrogens is 847 g/mol. The summed E-state index contributed by atoms with van der Waals surface area (Å²) in [5.74, 6) is 0. The molecule has 1 aliphatic carbocycles. The zero-order valence-corrected chi connectivity index (χ0v) is 38.3. The molecule has 0 amide bonds. The predicted octanol–water partition coefficient (Wildman–Crippen LogP) is 17.7. The molecule has 1 aliphatic heterocycles. The monoisotopic (exact) mass is 891 g/mol. The average Bonchev–Trinajstić information content (AvgIpc) is 3.94. The molecule has 14 rings (SSSR count). The van der Waals surface area contributed by atoms with E-state index in [1.54, 1.807) is 0 Å². The predicted molar refractivity (Wildman–Crippen MR) is 292 cm³/mol. The summed E-state index contributed by atoms with van der Waals surface area (Å²) < 4.78 is 2.56. The van der Waals surface area contributed by atoms with E-state index in [2.05, 4.69) is 287 Å². The Morgan fingerprint density at radius 3 is 1.24 bits per heavy atom. The van der Waals surface area contributed by atoms with Gasteiger partial charge in [0.15, 0.2) is 0 Å². The van der Waals surface area contributed by atoms with Gasteiger partial charge in [-0.1, -0.05) is 170 Å². The van der Waals surface area contributed by atoms with E-state index < -0.39 is 5.41 Å². The maximum atomic E-state index is 2.56. The lowest BCUT2D eigenvalue weighted by molar-refractivity contribution is 0.749. The number of nitrogens with zero attached hydrogens (tertiary/aromatic N) is 3. The molecule has 0 atom stereocenters. The Kier molecular flexibility index (Phi) is 9.11. The van der Waals surface area contributed by atoms with E-state index >= 15 is 0 Å². The maximum absolute atomic E-state index is 2.56. The number of rotatable bonds is 8. The van der Waals surface area contributed by atoms with Crippen LogP contribution in [0.5, 0.6) is 0 Å². The second-order valence-corrected chi connectivity index (χ2v) is 18.5. The summed E-state index contributed by atoms with van der Waals surface area (Å²) in [5, 5.41) is 2.50. The van der Waals surface area contributed by atoms with Crippen LogP contribution in [0.15, 0.2) is 273 Å². The Morgan fingerprint density at radius 2 is 0.700 bits per heavy atom. The van der Waals surface area contributed by atoms with Gasteiger partial charge in [0.05, 0.1) is 22.1 Å². The standard InChI is InChI=1S/C67H45N3/c1-5-23-50(24-6-1)68(51-25-7-2-8-26-51)54-31-19-21-46(41-54)48-39-40-65-62(44-48)67(60-36-16-13-33-56(60)57-34-14-17-37-61(57)67)63-45-49(43-59-58-35-15-18-38-64(58)70(65)66(59)63)47-22-20-32-55(42-47)69(52-27-9-3-10-28-52)53-29-11-4-12-30-53/h1-45H. The topological polar surface area (TPSA) is 11.4 Å². The fourth-order valence-corrected chi connectivity index (χ4v) is 11.8. The molecule has 0 bridgehead atoms. The summed E-state index contributed by atoms with van der Waals surface area (Å²) >= 11 is 0. The summed E-state index contributed by atoms with van der Waals surface area (Å²) in [6.07, 6.45) is 0. The van der Waals surface area contributed by atoms with Crippen LogP contribution in [0.1, 0.15) is 22.3 Å². The lowest BCUT2D eigenvalue weighted by atomic mass is 9.64. The van der Waals surface area contributed by atoms with Crippen molar-refractivity contribution in [1.82, 2.24) is 4.57 Å². The zero-order chi connectivity index (χ0) is 46.2. The van der Waals surface area contributed by atoms with Gasteiger partial charge in [-0.2, -0.15) is 0 Å². The minimum absolute atomic E-state index is 0.632. The second-order valence-electron chi connectivity index (χ2n) is 18.5. The molecule has 0 unspecified atom stereocenters. The van der Waals surface area contributed by atoms with E-state index in [0.29, 0.717) is 0 Å². The van der Waals surface area contributed by atoms with Crippen molar-refractivity contribution in [2.24, 2.45) is 0 Å². The molecule has 2 heterocycles. The number of fused-ring (bicyclic) bond motifs is 12. The molecule has 0 saturated heterocycles. The Morgan fingerprint density at radius 1 is 0.271 bits per heavy atom. The number of aromatic nitrogens is 1. The van der Waals surface area contributed by atoms with Crippen LogP contribution in [0.2, 0.25) is 0 Å². The summed E-state index contributed by atoms with van der Waals surface area (Å²) in [6, 6.07) is 100. The lowest BCUT2D eigenvalue weighted by Crippen LogP contribution is -2.33. The summed E-state index contributed by atoms with van der Waals surface area (Å²) in [6.45, 7) is 0. The molecule has 12 aromatic rings. The normalized spacial score (nSPS) is 12.7. The van der Waals surface area contributed by atoms with Crippen molar-refractivity contribution >= 4 is 55.9 Å². The highest BCUT2D eigenvalue weighted by Crippen LogP contribution is 2.62. The van der Waals surface area contributed by atoms with Crippen LogP contribution in [-0.2, 0) is 5.41 Å². The highest BCUT2D eigenvalue weighted by molar-refractivity contribution is 6.14. The first kappa shape index (κ1) is 39.9. The Hall–Kier alpha value is -9.18. The van der Waals surface area contributed by atoms with Crippen molar-refractivity contribution in [2.75, 3.05) is 9.80 Å². The minimum Gasteiger partial charge on any atom is -0.310 e. The number of benzene rings is 11. The highest BCUT2D eigenvalue weighted by Gasteiger charge is 2.51. The van der Waals surface area contributed by atoms with Crippen molar-refractivity contribution < 1.29 is 0 Å². The largest absolute Gasteiger partial charge is 0.310 e. The first-order valence-electron chi connectivity index (χ1n) is 24.2. The van der Waals surface area contributed by atoms with Crippen molar-refractivity contribution in [2.45, 2.75) is 5.41 Å². The Labute approximate surface area is 408 Å². The fraction of sp³-hybridized carbons (Fsp3) is 0.0149. The van der Waals surface area contributed by atoms with Crippen LogP contribution in [-0.4, -0.2) is 4.57 Å². The van der Waals surface area contributed by atoms with Crippen LogP contribution in [0, 0.1) is 0 Å². The summed E-state index contributed by atoms with van der Waals surface area (Å²) in [4.78, 5) is 4.70. The lowest BCUT2D eigenvalue weighted by Gasteiger charge is -2.40. The van der Waals surface area contributed by atoms with E-state index in [9.17, 15) is 0 Å². The van der Waals surface area contributed by atoms with Crippen molar-refractivity contribution in [3.63, 3.8) is 0 Å². The summed E-state index contributed by atoms with van der Waals surface area (Å²) in [7, 11) is 0. The molecule has 11 aromatic carbocycles. The molecule has 3 heteroatoms. The number of hydrogen-bond acceptors (Lipinski definition) is 2. The van der Waals surface area contributed by atoms with Gasteiger partial charge in [0.1, 0.15) is 0 Å². The number of anilines is 6. The van der Waals surface area contributed by atoms with Crippen molar-refractivity contribution in [3.8, 4) is 39.1 Å². The molecule has 0 fully saturated rings. The fourth-order valence-electron chi connectivity index (χ4n) is 11.8. The van der Waals surface area contributed by atoms with Gasteiger partial charge in [-0.05, 0) is 159 Å². The first-order chi connectivity index (χ1) is 34.7. The quantitative estimate of drug-likeness (QED) is 0.151. The average molecular weight is 892 g/mol. The third-order valence-corrected chi connectivity index (χ3v) is 14.7. The SMILES string of the molecule is c1ccc(N(c2ccccc2)c2cccc(-c3ccc4c(c3)C3(c5ccccc5-c5ccccc53)c3cc(-c5cccc(N(c6ccccc6)c6ccccc6)c5)cc5c6ccccc6n-4c35)c2)cc1. The first-order valence-corrected chi connectivity index (χ1v) is 24.2. The molecule has 328 valence electrons. The minimum atomic E-state index is -0.632. The zero-order valence-electron chi connectivity index (χ0n) is 38.3. The second kappa shape index (κ2) is 16.0. The maximum Gasteiger partial charge on any atom is 0.0754 e. The number of para-hydroxylation sites is 5. The van der Waals surface area contributed by atoms with Gasteiger partial charge in [0.2, 0.25) is 0 Å². The third kappa shape index (κ3) is 6.01. The smallest absolute Gasteiger partial charge is 0.0754 e. The van der Waals surface area contributed by atoms with E-state index in [0.717, 1.165) is 45.3 Å². The third-order valence-electron chi connectivity index (χ3n) is 14.7. The van der Waals surface area contributed by atoms with Gasteiger partial charge >= 0.3 is 0 Å². The molecule has 70 heavy (non-hydrogen) atoms. The molecule has 3 nitrogen and oxygen atoms in total. The van der Waals surface area contributed by atoms with E-state index in [1.807, 2.05) is 0 Å². The van der Waals surface area contributed by atoms with Crippen molar-refractivity contribution in [1.29, 1.82) is 0 Å². The van der Waals surface area contributed by atoms with E-state index in [1.165, 1.54) is 72.0 Å². The van der Waals surface area contributed by atoms with E-state index in [-0.39, 0.29) is 0 Å². The van der Waals surface area contributed by atoms with Gasteiger partial charge in [-0.25, -0.2) is 0 Å². The summed E-state index contributed by atoms with van der Waals surface area (Å²) in [5.41, 5.74) is 22.1. The highest BCUT2D eigenvalue weighted by atomic mass is 15.1. The number of hydrogen-bond donors (Lipinski definition) is 0. The molecule has 0 radical (unpaired) electrons. The van der Waals surface area contributed by atoms with E-state index in [4.69, 9.17) is 0 Å².